The quantitative estimate of drug-likeness (QED) is 0.391. The molecule has 0 aliphatic rings. The first-order chi connectivity index (χ1) is 16.1. The zero-order chi connectivity index (χ0) is 24.7. The number of nitrogens with one attached hydrogen (secondary N) is 3. The second-order valence-corrected chi connectivity index (χ2v) is 9.77. The average molecular weight is 502 g/mol. The average Bonchev–Trinajstić information content (AvgIpc) is 2.78. The predicted molar refractivity (Wildman–Crippen MR) is 133 cm³/mol. The fourth-order valence-electron chi connectivity index (χ4n) is 2.78. The van der Waals surface area contributed by atoms with E-state index in [1.807, 2.05) is 0 Å². The molecule has 0 unspecified atom stereocenters. The van der Waals surface area contributed by atoms with Crippen LogP contribution in [0.25, 0.3) is 0 Å². The summed E-state index contributed by atoms with van der Waals surface area (Å²) in [7, 11) is -3.82. The summed E-state index contributed by atoms with van der Waals surface area (Å²) in [6.45, 7) is 3.31. The summed E-state index contributed by atoms with van der Waals surface area (Å²) in [5.74, 6) is -0.290. The van der Waals surface area contributed by atoms with E-state index in [-0.39, 0.29) is 23.3 Å². The van der Waals surface area contributed by atoms with Crippen molar-refractivity contribution in [2.45, 2.75) is 18.7 Å². The Morgan fingerprint density at radius 3 is 2.24 bits per heavy atom. The van der Waals surface area contributed by atoms with Gasteiger partial charge in [0.1, 0.15) is 5.75 Å². The van der Waals surface area contributed by atoms with Gasteiger partial charge in [0.15, 0.2) is 6.61 Å². The van der Waals surface area contributed by atoms with Crippen LogP contribution in [-0.4, -0.2) is 26.8 Å². The highest BCUT2D eigenvalue weighted by Gasteiger charge is 2.15. The minimum atomic E-state index is -3.82. The normalized spacial score (nSPS) is 11.1. The molecule has 0 aliphatic heterocycles. The molecule has 2 amide bonds. The van der Waals surface area contributed by atoms with Crippen molar-refractivity contribution in [2.24, 2.45) is 5.92 Å². The third-order valence-electron chi connectivity index (χ3n) is 4.52. The lowest BCUT2D eigenvalue weighted by Gasteiger charge is -2.11. The van der Waals surface area contributed by atoms with E-state index in [0.29, 0.717) is 27.8 Å². The number of amides is 2. The van der Waals surface area contributed by atoms with Crippen LogP contribution >= 0.6 is 11.6 Å². The molecule has 0 saturated carbocycles. The maximum atomic E-state index is 12.5. The number of hydrogen-bond acceptors (Lipinski definition) is 5. The van der Waals surface area contributed by atoms with Gasteiger partial charge < -0.3 is 15.4 Å². The largest absolute Gasteiger partial charge is 0.484 e. The molecule has 178 valence electrons. The van der Waals surface area contributed by atoms with Gasteiger partial charge >= 0.3 is 0 Å². The number of benzene rings is 3. The van der Waals surface area contributed by atoms with Gasteiger partial charge in [-0.1, -0.05) is 37.6 Å². The monoisotopic (exact) mass is 501 g/mol. The van der Waals surface area contributed by atoms with Gasteiger partial charge in [-0.15, -0.1) is 0 Å². The molecule has 0 heterocycles. The number of sulfonamides is 1. The Hall–Kier alpha value is -3.56. The smallest absolute Gasteiger partial charge is 0.262 e. The standard InChI is InChI=1S/C24H24ClN3O5S/c1-16(2)24(30)27-19-6-4-8-21(14-19)33-15-23(29)26-18-9-11-22(12-10-18)34(31,32)28-20-7-3-5-17(25)13-20/h3-14,16,28H,15H2,1-2H3,(H,26,29)(H,27,30). The summed E-state index contributed by atoms with van der Waals surface area (Å²) in [4.78, 5) is 24.1. The van der Waals surface area contributed by atoms with Crippen LogP contribution in [0.2, 0.25) is 5.02 Å². The Labute approximate surface area is 203 Å². The minimum Gasteiger partial charge on any atom is -0.484 e. The number of anilines is 3. The molecular weight excluding hydrogens is 478 g/mol. The highest BCUT2D eigenvalue weighted by atomic mass is 35.5. The Balaban J connectivity index is 1.55. The van der Waals surface area contributed by atoms with Crippen LogP contribution in [0.5, 0.6) is 5.75 Å². The van der Waals surface area contributed by atoms with Gasteiger partial charge in [-0.05, 0) is 54.6 Å². The lowest BCUT2D eigenvalue weighted by atomic mass is 10.2. The number of halogens is 1. The second-order valence-electron chi connectivity index (χ2n) is 7.65. The first kappa shape index (κ1) is 25.1. The van der Waals surface area contributed by atoms with Crippen molar-refractivity contribution < 1.29 is 22.7 Å². The lowest BCUT2D eigenvalue weighted by molar-refractivity contribution is -0.119. The van der Waals surface area contributed by atoms with E-state index in [4.69, 9.17) is 16.3 Å². The van der Waals surface area contributed by atoms with Gasteiger partial charge in [-0.3, -0.25) is 14.3 Å². The molecule has 3 N–H and O–H groups in total. The molecule has 0 saturated heterocycles. The molecule has 10 heteroatoms. The van der Waals surface area contributed by atoms with Gasteiger partial charge in [-0.2, -0.15) is 0 Å². The van der Waals surface area contributed by atoms with E-state index in [1.165, 1.54) is 30.3 Å². The second kappa shape index (κ2) is 11.0. The molecule has 3 aromatic carbocycles. The molecule has 0 radical (unpaired) electrons. The Morgan fingerprint density at radius 1 is 0.882 bits per heavy atom. The van der Waals surface area contributed by atoms with Gasteiger partial charge in [0.25, 0.3) is 15.9 Å². The molecule has 3 rings (SSSR count). The van der Waals surface area contributed by atoms with Crippen molar-refractivity contribution in [3.8, 4) is 5.75 Å². The molecule has 0 bridgehead atoms. The van der Waals surface area contributed by atoms with Crippen molar-refractivity contribution in [2.75, 3.05) is 22.0 Å². The number of hydrogen-bond donors (Lipinski definition) is 3. The first-order valence-corrected chi connectivity index (χ1v) is 12.2. The lowest BCUT2D eigenvalue weighted by Crippen LogP contribution is -2.20. The van der Waals surface area contributed by atoms with Gasteiger partial charge in [0.2, 0.25) is 5.91 Å². The van der Waals surface area contributed by atoms with Crippen molar-refractivity contribution in [1.29, 1.82) is 0 Å². The predicted octanol–water partition coefficient (Wildman–Crippen LogP) is 4.75. The van der Waals surface area contributed by atoms with Crippen LogP contribution in [0, 0.1) is 5.92 Å². The van der Waals surface area contributed by atoms with Crippen molar-refractivity contribution in [3.05, 3.63) is 77.8 Å². The summed E-state index contributed by atoms with van der Waals surface area (Å²) in [5.41, 5.74) is 1.32. The van der Waals surface area contributed by atoms with E-state index in [9.17, 15) is 18.0 Å². The maximum absolute atomic E-state index is 12.5. The van der Waals surface area contributed by atoms with Crippen LogP contribution in [-0.2, 0) is 19.6 Å². The number of carbonyl (C=O) groups is 2. The van der Waals surface area contributed by atoms with Crippen LogP contribution in [0.3, 0.4) is 0 Å². The third-order valence-corrected chi connectivity index (χ3v) is 6.15. The van der Waals surface area contributed by atoms with E-state index >= 15 is 0 Å². The molecule has 3 aromatic rings. The van der Waals surface area contributed by atoms with Crippen LogP contribution in [0.1, 0.15) is 13.8 Å². The third kappa shape index (κ3) is 7.23. The molecule has 0 aliphatic carbocycles. The topological polar surface area (TPSA) is 114 Å². The van der Waals surface area contributed by atoms with Crippen molar-refractivity contribution >= 4 is 50.5 Å². The van der Waals surface area contributed by atoms with Crippen molar-refractivity contribution in [3.63, 3.8) is 0 Å². The van der Waals surface area contributed by atoms with E-state index < -0.39 is 15.9 Å². The molecule has 0 atom stereocenters. The zero-order valence-corrected chi connectivity index (χ0v) is 20.1. The molecule has 0 aromatic heterocycles. The zero-order valence-electron chi connectivity index (χ0n) is 18.5. The molecule has 34 heavy (non-hydrogen) atoms. The van der Waals surface area contributed by atoms with E-state index in [1.54, 1.807) is 56.3 Å². The Morgan fingerprint density at radius 2 is 1.56 bits per heavy atom. The van der Waals surface area contributed by atoms with Gasteiger partial charge in [0, 0.05) is 28.4 Å². The Kier molecular flexibility index (Phi) is 8.14. The number of ether oxygens (including phenoxy) is 1. The van der Waals surface area contributed by atoms with Crippen molar-refractivity contribution in [1.82, 2.24) is 0 Å². The summed E-state index contributed by atoms with van der Waals surface area (Å²) in [6.07, 6.45) is 0. The molecule has 0 fully saturated rings. The highest BCUT2D eigenvalue weighted by molar-refractivity contribution is 7.92. The number of carbonyl (C=O) groups excluding carboxylic acids is 2. The van der Waals surface area contributed by atoms with Crippen LogP contribution in [0.15, 0.2) is 77.7 Å². The van der Waals surface area contributed by atoms with E-state index in [0.717, 1.165) is 0 Å². The maximum Gasteiger partial charge on any atom is 0.262 e. The fraction of sp³-hybridized carbons (Fsp3) is 0.167. The molecule has 8 nitrogen and oxygen atoms in total. The summed E-state index contributed by atoms with van der Waals surface area (Å²) < 4.78 is 33.0. The van der Waals surface area contributed by atoms with E-state index in [2.05, 4.69) is 15.4 Å². The summed E-state index contributed by atoms with van der Waals surface area (Å²) in [5, 5.41) is 5.82. The first-order valence-electron chi connectivity index (χ1n) is 10.3. The summed E-state index contributed by atoms with van der Waals surface area (Å²) in [6, 6.07) is 18.8. The Bertz CT molecular complexity index is 1280. The minimum absolute atomic E-state index is 0.0296. The fourth-order valence-corrected chi connectivity index (χ4v) is 4.02. The highest BCUT2D eigenvalue weighted by Crippen LogP contribution is 2.21. The van der Waals surface area contributed by atoms with Gasteiger partial charge in [-0.25, -0.2) is 8.42 Å². The summed E-state index contributed by atoms with van der Waals surface area (Å²) >= 11 is 5.89. The number of rotatable bonds is 9. The van der Waals surface area contributed by atoms with Gasteiger partial charge in [0.05, 0.1) is 10.6 Å². The van der Waals surface area contributed by atoms with Crippen LogP contribution < -0.4 is 20.1 Å². The molecule has 0 spiro atoms. The van der Waals surface area contributed by atoms with Crippen LogP contribution in [0.4, 0.5) is 17.1 Å². The molecular formula is C24H24ClN3O5S. The SMILES string of the molecule is CC(C)C(=O)Nc1cccc(OCC(=O)Nc2ccc(S(=O)(=O)Nc3cccc(Cl)c3)cc2)c1.